The number of para-hydroxylation sites is 2. The number of benzene rings is 6. The number of rotatable bonds is 26. The zero-order chi connectivity index (χ0) is 69.5. The number of carboxylic acid groups (broad SMARTS) is 2. The molecule has 95 heavy (non-hydrogen) atoms. The monoisotopic (exact) mass is 1380 g/mol. The van der Waals surface area contributed by atoms with Gasteiger partial charge in [0.15, 0.2) is 16.6 Å². The molecule has 0 aliphatic rings. The minimum absolute atomic E-state index is 0. The van der Waals surface area contributed by atoms with Crippen LogP contribution in [0.5, 0.6) is 0 Å². The average Bonchev–Trinajstić information content (AvgIpc) is 1.60. The molecule has 8 rings (SSSR count). The second kappa shape index (κ2) is 38.6. The Morgan fingerprint density at radius 3 is 1.01 bits per heavy atom. The van der Waals surface area contributed by atoms with Gasteiger partial charge in [-0.15, -0.1) is 0 Å². The number of hydrogen-bond donors (Lipinski definition) is 6. The number of nitrogens with one attached hydrogen (secondary N) is 2. The number of amides is 2. The van der Waals surface area contributed by atoms with Crippen molar-refractivity contribution in [1.82, 2.24) is 9.13 Å². The van der Waals surface area contributed by atoms with Gasteiger partial charge in [0.05, 0.1) is 46.9 Å². The Bertz CT molecular complexity index is 3510. The van der Waals surface area contributed by atoms with Crippen LogP contribution in [-0.4, -0.2) is 141 Å². The van der Waals surface area contributed by atoms with Gasteiger partial charge in [0.25, 0.3) is 11.8 Å². The maximum Gasteiger partial charge on any atom is 2.00 e. The van der Waals surface area contributed by atoms with Gasteiger partial charge >= 0.3 is 47.0 Å². The summed E-state index contributed by atoms with van der Waals surface area (Å²) in [6, 6.07) is 49.4. The van der Waals surface area contributed by atoms with Crippen molar-refractivity contribution in [2.45, 2.75) is 155 Å². The van der Waals surface area contributed by atoms with E-state index >= 15 is 0 Å². The van der Waals surface area contributed by atoms with Gasteiger partial charge in [0.1, 0.15) is 11.6 Å². The number of halogens is 2. The van der Waals surface area contributed by atoms with Crippen molar-refractivity contribution in [3.63, 3.8) is 0 Å². The molecule has 0 radical (unpaired) electrons. The standard InChI is InChI=1S/2C33H35FN2O5.C6H18OSi2.Ca.O2Si/c2*1-21(2)31-30(33(41)35-25-11-7-4-8-12-25)29(22-9-5-3-6-10-22)32(23-13-15-24(34)16-14-23)36(31)18-17-26(37)19-27(38)20-28(39)40;1-8(2,3)7-9(4,5)6;;1-3-2/h2*3-16,21,26-27,37-38H,17-20H2,1-2H3,(H,35,41)(H,39,40);1-6H3;;/q;;;+2;/p-2/t2*26-,27-;;;/m11.../s1. The van der Waals surface area contributed by atoms with Crippen LogP contribution < -0.4 is 20.8 Å². The molecular weight excluding hydrogens is 1290 g/mol. The number of hydrogen-bond acceptors (Lipinski definition) is 13. The Morgan fingerprint density at radius 2 is 0.758 bits per heavy atom. The predicted molar refractivity (Wildman–Crippen MR) is 370 cm³/mol. The van der Waals surface area contributed by atoms with Gasteiger partial charge in [0.2, 0.25) is 0 Å². The van der Waals surface area contributed by atoms with Crippen LogP contribution in [0.1, 0.15) is 110 Å². The summed E-state index contributed by atoms with van der Waals surface area (Å²) in [6.07, 6.45) is -5.54. The molecular formula is C72H86CaF2N4O13Si3. The zero-order valence-electron chi connectivity index (χ0n) is 55.6. The minimum atomic E-state index is -1.42. The summed E-state index contributed by atoms with van der Waals surface area (Å²) in [5, 5.41) is 69.2. The normalized spacial score (nSPS) is 12.4. The van der Waals surface area contributed by atoms with Crippen LogP contribution in [0.2, 0.25) is 39.3 Å². The van der Waals surface area contributed by atoms with E-state index in [9.17, 15) is 58.6 Å². The molecule has 0 aliphatic carbocycles. The molecule has 4 atom stereocenters. The van der Waals surface area contributed by atoms with Crippen molar-refractivity contribution < 1.29 is 71.6 Å². The summed E-state index contributed by atoms with van der Waals surface area (Å²) in [7, 11) is -3.88. The predicted octanol–water partition coefficient (Wildman–Crippen LogP) is 11.6. The number of carboxylic acids is 2. The Hall–Kier alpha value is -7.07. The summed E-state index contributed by atoms with van der Waals surface area (Å²) >= 11 is 0. The van der Waals surface area contributed by atoms with Crippen LogP contribution in [0.4, 0.5) is 20.2 Å². The number of aliphatic carboxylic acids is 2. The molecule has 2 amide bonds. The van der Waals surface area contributed by atoms with Gasteiger partial charge in [0, 0.05) is 71.8 Å². The average molecular weight is 1380 g/mol. The SMILES string of the molecule is CC(C)c1c(C(=O)Nc2ccccc2)c(-c2ccccc2)c(-c2ccc(F)cc2)n1CC[C@@H](O)C[C@@H](O)CC(=O)[O-].CC(C)c1c(C(=O)Nc2ccccc2)c(-c2ccccc2)c(-c2ccc(F)cc2)n1CC[C@@H](O)C[C@@H](O)CC(=O)[O-].C[Si](C)(C)O[Si](C)(C)C.O=[Si]=O.[Ca+2]. The van der Waals surface area contributed by atoms with Crippen molar-refractivity contribution in [3.05, 3.63) is 204 Å². The van der Waals surface area contributed by atoms with Crippen LogP contribution >= 0.6 is 0 Å². The Labute approximate surface area is 589 Å². The molecule has 0 aliphatic heterocycles. The molecule has 23 heteroatoms. The Balaban J connectivity index is 0.000000342. The summed E-state index contributed by atoms with van der Waals surface area (Å²) in [5.74, 6) is -4.41. The van der Waals surface area contributed by atoms with Gasteiger partial charge in [-0.2, -0.15) is 0 Å². The van der Waals surface area contributed by atoms with E-state index in [1.165, 1.54) is 24.3 Å². The van der Waals surface area contributed by atoms with Crippen LogP contribution in [0.15, 0.2) is 170 Å². The topological polar surface area (TPSA) is 273 Å². The molecule has 0 unspecified atom stereocenters. The first-order chi connectivity index (χ1) is 44.4. The summed E-state index contributed by atoms with van der Waals surface area (Å²) in [6.45, 7) is 21.9. The molecule has 2 aromatic heterocycles. The first kappa shape index (κ1) is 80.4. The number of nitrogens with zero attached hydrogens (tertiary/aromatic N) is 2. The molecule has 6 aromatic carbocycles. The van der Waals surface area contributed by atoms with E-state index in [1.54, 1.807) is 48.5 Å². The van der Waals surface area contributed by atoms with E-state index < -0.39 is 86.8 Å². The third kappa shape index (κ3) is 25.5. The molecule has 8 aromatic rings. The number of carbonyl (C=O) groups excluding carboxylic acids is 4. The van der Waals surface area contributed by atoms with Crippen molar-refractivity contribution in [3.8, 4) is 44.8 Å². The molecule has 500 valence electrons. The van der Waals surface area contributed by atoms with Gasteiger partial charge in [-0.05, 0) is 172 Å². The number of aliphatic hydroxyl groups excluding tert-OH is 4. The van der Waals surface area contributed by atoms with Crippen LogP contribution in [0.25, 0.3) is 44.8 Å². The van der Waals surface area contributed by atoms with E-state index in [0.717, 1.165) is 22.5 Å². The second-order valence-electron chi connectivity index (χ2n) is 25.2. The first-order valence-corrected chi connectivity index (χ1v) is 38.8. The third-order valence-electron chi connectivity index (χ3n) is 14.5. The molecule has 0 saturated heterocycles. The quantitative estimate of drug-likeness (QED) is 0.0276. The molecule has 6 N–H and O–H groups in total. The number of carbonyl (C=O) groups is 4. The Kier molecular flexibility index (Phi) is 32.7. The van der Waals surface area contributed by atoms with Crippen molar-refractivity contribution in [2.24, 2.45) is 0 Å². The maximum atomic E-state index is 14.0. The van der Waals surface area contributed by atoms with E-state index in [-0.39, 0.29) is 100 Å². The van der Waals surface area contributed by atoms with Crippen molar-refractivity contribution in [1.29, 1.82) is 0 Å². The van der Waals surface area contributed by atoms with E-state index in [0.29, 0.717) is 56.1 Å². The zero-order valence-corrected chi connectivity index (χ0v) is 60.8. The van der Waals surface area contributed by atoms with Crippen molar-refractivity contribution >= 4 is 98.8 Å². The van der Waals surface area contributed by atoms with E-state index in [4.69, 9.17) is 13.0 Å². The van der Waals surface area contributed by atoms with Crippen LogP contribution in [0, 0.1) is 11.6 Å². The fraction of sp³-hybridized carbons (Fsp3) is 0.333. The van der Waals surface area contributed by atoms with E-state index in [2.05, 4.69) is 49.9 Å². The maximum absolute atomic E-state index is 14.0. The number of aliphatic hydroxyl groups is 4. The summed E-state index contributed by atoms with van der Waals surface area (Å²) in [4.78, 5) is 49.8. The number of anilines is 2. The molecule has 17 nitrogen and oxygen atoms in total. The fourth-order valence-electron chi connectivity index (χ4n) is 11.3. The molecule has 0 saturated carbocycles. The Morgan fingerprint density at radius 1 is 0.474 bits per heavy atom. The van der Waals surface area contributed by atoms with Crippen LogP contribution in [-0.2, 0) is 35.7 Å². The minimum Gasteiger partial charge on any atom is -0.550 e. The molecule has 0 spiro atoms. The molecule has 2 heterocycles. The van der Waals surface area contributed by atoms with Gasteiger partial charge in [-0.25, -0.2) is 8.78 Å². The summed E-state index contributed by atoms with van der Waals surface area (Å²) < 4.78 is 54.7. The second-order valence-corrected chi connectivity index (χ2v) is 34.6. The third-order valence-corrected chi connectivity index (χ3v) is 19.4. The molecule has 0 bridgehead atoms. The smallest absolute Gasteiger partial charge is 0.550 e. The largest absolute Gasteiger partial charge is 2.00 e. The van der Waals surface area contributed by atoms with Gasteiger partial charge < -0.3 is 64.1 Å². The van der Waals surface area contributed by atoms with Crippen molar-refractivity contribution in [2.75, 3.05) is 10.6 Å². The van der Waals surface area contributed by atoms with Gasteiger partial charge in [-0.1, -0.05) is 125 Å². The van der Waals surface area contributed by atoms with E-state index in [1.807, 2.05) is 134 Å². The van der Waals surface area contributed by atoms with Crippen LogP contribution in [0.3, 0.4) is 0 Å². The molecule has 0 fully saturated rings. The number of aromatic nitrogens is 2. The fourth-order valence-corrected chi connectivity index (χ4v) is 18.7. The van der Waals surface area contributed by atoms with Gasteiger partial charge in [-0.3, -0.25) is 18.5 Å². The summed E-state index contributed by atoms with van der Waals surface area (Å²) in [5.41, 5.74) is 9.43. The first-order valence-electron chi connectivity index (χ1n) is 31.1.